The van der Waals surface area contributed by atoms with Crippen molar-refractivity contribution >= 4 is 6.08 Å². The van der Waals surface area contributed by atoms with Crippen LogP contribution in [0.25, 0.3) is 17.2 Å². The van der Waals surface area contributed by atoms with Gasteiger partial charge in [-0.1, -0.05) is 68.0 Å². The average molecular weight is 397 g/mol. The van der Waals surface area contributed by atoms with Crippen molar-refractivity contribution in [2.45, 2.75) is 77.6 Å². The highest BCUT2D eigenvalue weighted by molar-refractivity contribution is 5.81. The lowest BCUT2D eigenvalue weighted by Crippen LogP contribution is -2.46. The molecule has 0 heterocycles. The summed E-state index contributed by atoms with van der Waals surface area (Å²) in [7, 11) is 0. The Morgan fingerprint density at radius 3 is 2.20 bits per heavy atom. The van der Waals surface area contributed by atoms with Gasteiger partial charge in [-0.25, -0.2) is 0 Å². The summed E-state index contributed by atoms with van der Waals surface area (Å²) in [5.74, 6) is 3.81. The molecule has 2 aromatic rings. The quantitative estimate of drug-likeness (QED) is 0.476. The lowest BCUT2D eigenvalue weighted by Gasteiger charge is -2.57. The molecule has 0 spiro atoms. The standard InChI is InChI=1S/C30H36/c1-3-20(2)25-7-9-26(10-8-25)28-6-4-5-27-14-24(15-29(27)28)19-30-16-21-11-22(17-30)13-23(12-21)18-30/h4-10,15,20-23H,3,11-14,16-19H2,1-2H3. The minimum Gasteiger partial charge on any atom is -0.0648 e. The number of hydrogen-bond acceptors (Lipinski definition) is 0. The minimum absolute atomic E-state index is 0.646. The van der Waals surface area contributed by atoms with Gasteiger partial charge in [-0.05, 0) is 115 Å². The zero-order valence-corrected chi connectivity index (χ0v) is 18.8. The van der Waals surface area contributed by atoms with E-state index >= 15 is 0 Å². The van der Waals surface area contributed by atoms with E-state index < -0.39 is 0 Å². The van der Waals surface area contributed by atoms with Crippen LogP contribution in [0.2, 0.25) is 0 Å². The summed E-state index contributed by atoms with van der Waals surface area (Å²) in [5.41, 5.74) is 9.71. The Labute approximate surface area is 182 Å². The number of fused-ring (bicyclic) bond motifs is 1. The van der Waals surface area contributed by atoms with Crippen LogP contribution in [0.5, 0.6) is 0 Å². The second-order valence-corrected chi connectivity index (χ2v) is 11.4. The summed E-state index contributed by atoms with van der Waals surface area (Å²) in [6.45, 7) is 4.60. The molecule has 1 atom stereocenters. The number of hydrogen-bond donors (Lipinski definition) is 0. The predicted molar refractivity (Wildman–Crippen MR) is 127 cm³/mol. The molecular formula is C30H36. The van der Waals surface area contributed by atoms with Crippen LogP contribution >= 0.6 is 0 Å². The molecule has 7 rings (SSSR count). The average Bonchev–Trinajstić information content (AvgIpc) is 3.14. The molecule has 0 heteroatoms. The summed E-state index contributed by atoms with van der Waals surface area (Å²) >= 11 is 0. The highest BCUT2D eigenvalue weighted by atomic mass is 14.6. The Bertz CT molecular complexity index is 938. The third-order valence-electron chi connectivity index (χ3n) is 9.13. The highest BCUT2D eigenvalue weighted by Crippen LogP contribution is 2.62. The minimum atomic E-state index is 0.646. The van der Waals surface area contributed by atoms with Gasteiger partial charge in [0.2, 0.25) is 0 Å². The Morgan fingerprint density at radius 2 is 1.57 bits per heavy atom. The summed E-state index contributed by atoms with van der Waals surface area (Å²) in [6.07, 6.45) is 15.6. The maximum atomic E-state index is 2.59. The third-order valence-corrected chi connectivity index (χ3v) is 9.13. The van der Waals surface area contributed by atoms with Crippen molar-refractivity contribution < 1.29 is 0 Å². The van der Waals surface area contributed by atoms with E-state index in [1.54, 1.807) is 30.4 Å². The predicted octanol–water partition coefficient (Wildman–Crippen LogP) is 8.41. The molecule has 1 unspecified atom stereocenters. The van der Waals surface area contributed by atoms with E-state index in [9.17, 15) is 0 Å². The van der Waals surface area contributed by atoms with Crippen LogP contribution in [-0.2, 0) is 6.42 Å². The maximum Gasteiger partial charge on any atom is -0.00574 e. The molecule has 0 nitrogen and oxygen atoms in total. The van der Waals surface area contributed by atoms with Gasteiger partial charge in [0.15, 0.2) is 0 Å². The molecule has 2 aromatic carbocycles. The summed E-state index contributed by atoms with van der Waals surface area (Å²) in [6, 6.07) is 16.4. The van der Waals surface area contributed by atoms with Crippen LogP contribution in [0.1, 0.15) is 87.8 Å². The van der Waals surface area contributed by atoms with E-state index in [2.05, 4.69) is 62.4 Å². The zero-order chi connectivity index (χ0) is 20.3. The summed E-state index contributed by atoms with van der Waals surface area (Å²) in [4.78, 5) is 0. The van der Waals surface area contributed by atoms with Crippen molar-refractivity contribution in [3.63, 3.8) is 0 Å². The van der Waals surface area contributed by atoms with Gasteiger partial charge in [0.25, 0.3) is 0 Å². The lowest BCUT2D eigenvalue weighted by molar-refractivity contribution is -0.0521. The second-order valence-electron chi connectivity index (χ2n) is 11.4. The molecule has 0 N–H and O–H groups in total. The Balaban J connectivity index is 1.27. The van der Waals surface area contributed by atoms with Gasteiger partial charge >= 0.3 is 0 Å². The molecule has 30 heavy (non-hydrogen) atoms. The molecule has 4 fully saturated rings. The molecule has 0 aromatic heterocycles. The third kappa shape index (κ3) is 3.19. The molecular weight excluding hydrogens is 360 g/mol. The summed E-state index contributed by atoms with van der Waals surface area (Å²) in [5, 5.41) is 0. The van der Waals surface area contributed by atoms with Crippen LogP contribution < -0.4 is 0 Å². The molecule has 4 saturated carbocycles. The van der Waals surface area contributed by atoms with Crippen LogP contribution in [0.3, 0.4) is 0 Å². The second kappa shape index (κ2) is 7.11. The normalized spacial score (nSPS) is 32.2. The van der Waals surface area contributed by atoms with E-state index in [-0.39, 0.29) is 0 Å². The van der Waals surface area contributed by atoms with Gasteiger partial charge in [0, 0.05) is 0 Å². The molecule has 0 radical (unpaired) electrons. The van der Waals surface area contributed by atoms with E-state index in [4.69, 9.17) is 0 Å². The molecule has 5 aliphatic carbocycles. The van der Waals surface area contributed by atoms with Crippen molar-refractivity contribution in [2.24, 2.45) is 23.2 Å². The first-order chi connectivity index (χ1) is 14.6. The fourth-order valence-electron chi connectivity index (χ4n) is 8.02. The van der Waals surface area contributed by atoms with Crippen molar-refractivity contribution in [1.82, 2.24) is 0 Å². The molecule has 156 valence electrons. The van der Waals surface area contributed by atoms with Crippen molar-refractivity contribution in [2.75, 3.05) is 0 Å². The summed E-state index contributed by atoms with van der Waals surface area (Å²) < 4.78 is 0. The Hall–Kier alpha value is -1.82. The smallest absolute Gasteiger partial charge is 0.00574 e. The Morgan fingerprint density at radius 1 is 0.900 bits per heavy atom. The fraction of sp³-hybridized carbons (Fsp3) is 0.533. The van der Waals surface area contributed by atoms with Gasteiger partial charge in [-0.3, -0.25) is 0 Å². The van der Waals surface area contributed by atoms with Gasteiger partial charge in [0.1, 0.15) is 0 Å². The number of rotatable bonds is 5. The highest BCUT2D eigenvalue weighted by Gasteiger charge is 2.50. The molecule has 0 saturated heterocycles. The van der Waals surface area contributed by atoms with Crippen molar-refractivity contribution in [1.29, 1.82) is 0 Å². The van der Waals surface area contributed by atoms with E-state index in [0.717, 1.165) is 17.8 Å². The number of benzene rings is 2. The first-order valence-corrected chi connectivity index (χ1v) is 12.5. The van der Waals surface area contributed by atoms with Crippen LogP contribution in [0.15, 0.2) is 48.0 Å². The zero-order valence-electron chi connectivity index (χ0n) is 18.8. The van der Waals surface area contributed by atoms with Crippen LogP contribution in [0, 0.1) is 23.2 Å². The van der Waals surface area contributed by atoms with Crippen molar-refractivity contribution in [3.05, 3.63) is 64.7 Å². The SMILES string of the molecule is CCC(C)c1ccc(-c2cccc3c2C=C(CC24CC5CC(CC(C5)C2)C4)C3)cc1. The van der Waals surface area contributed by atoms with Crippen LogP contribution in [0.4, 0.5) is 0 Å². The molecule has 0 aliphatic heterocycles. The van der Waals surface area contributed by atoms with Gasteiger partial charge in [-0.15, -0.1) is 0 Å². The van der Waals surface area contributed by atoms with Gasteiger partial charge in [-0.2, -0.15) is 0 Å². The monoisotopic (exact) mass is 396 g/mol. The maximum absolute atomic E-state index is 2.59. The first-order valence-electron chi connectivity index (χ1n) is 12.5. The number of allylic oxidation sites excluding steroid dienone is 1. The first kappa shape index (κ1) is 18.9. The molecule has 5 aliphatic rings. The van der Waals surface area contributed by atoms with Crippen LogP contribution in [-0.4, -0.2) is 0 Å². The molecule has 0 amide bonds. The Kier molecular flexibility index (Phi) is 4.48. The van der Waals surface area contributed by atoms with Crippen molar-refractivity contribution in [3.8, 4) is 11.1 Å². The lowest BCUT2D eigenvalue weighted by atomic mass is 9.48. The van der Waals surface area contributed by atoms with E-state index in [1.807, 2.05) is 0 Å². The molecule has 4 bridgehead atoms. The van der Waals surface area contributed by atoms with Gasteiger partial charge in [0.05, 0.1) is 0 Å². The van der Waals surface area contributed by atoms with E-state index in [0.29, 0.717) is 11.3 Å². The van der Waals surface area contributed by atoms with E-state index in [1.165, 1.54) is 60.8 Å². The fourth-order valence-corrected chi connectivity index (χ4v) is 8.02. The largest absolute Gasteiger partial charge is 0.0648 e. The van der Waals surface area contributed by atoms with Gasteiger partial charge < -0.3 is 0 Å². The topological polar surface area (TPSA) is 0 Å².